The molecule has 0 spiro atoms. The topological polar surface area (TPSA) is 87.7 Å². The van der Waals surface area contributed by atoms with Crippen molar-refractivity contribution >= 4 is 17.7 Å². The van der Waals surface area contributed by atoms with E-state index in [0.717, 1.165) is 24.0 Å². The number of hydrazine groups is 1. The number of aryl methyl sites for hydroxylation is 2. The van der Waals surface area contributed by atoms with Crippen LogP contribution in [0.25, 0.3) is 0 Å². The fraction of sp³-hybridized carbons (Fsp3) is 0.348. The first kappa shape index (κ1) is 21.4. The Balaban J connectivity index is 1.60. The fourth-order valence-electron chi connectivity index (χ4n) is 3.40. The van der Waals surface area contributed by atoms with Crippen molar-refractivity contribution < 1.29 is 19.1 Å². The van der Waals surface area contributed by atoms with Gasteiger partial charge in [-0.1, -0.05) is 36.4 Å². The molecule has 2 aromatic carbocycles. The molecule has 0 aromatic heterocycles. The summed E-state index contributed by atoms with van der Waals surface area (Å²) >= 11 is 0. The minimum absolute atomic E-state index is 0.0605. The number of ether oxygens (including phenoxy) is 1. The first-order valence-corrected chi connectivity index (χ1v) is 10.1. The third-order valence-electron chi connectivity index (χ3n) is 5.21. The maximum Gasteiger partial charge on any atom is 0.276 e. The first-order valence-electron chi connectivity index (χ1n) is 10.1. The maximum atomic E-state index is 12.9. The Hall–Kier alpha value is -3.35. The van der Waals surface area contributed by atoms with Crippen LogP contribution >= 0.6 is 0 Å². The minimum Gasteiger partial charge on any atom is -0.484 e. The third kappa shape index (κ3) is 5.37. The van der Waals surface area contributed by atoms with Crippen LogP contribution < -0.4 is 15.6 Å². The number of nitrogens with one attached hydrogen (secondary N) is 2. The highest BCUT2D eigenvalue weighted by atomic mass is 16.5. The average Bonchev–Trinajstić information content (AvgIpc) is 2.75. The summed E-state index contributed by atoms with van der Waals surface area (Å²) in [4.78, 5) is 39.0. The van der Waals surface area contributed by atoms with Gasteiger partial charge in [0.05, 0.1) is 0 Å². The van der Waals surface area contributed by atoms with Gasteiger partial charge in [-0.05, 0) is 55.5 Å². The molecule has 1 unspecified atom stereocenters. The monoisotopic (exact) mass is 409 g/mol. The molecule has 0 radical (unpaired) electrons. The molecule has 2 aromatic rings. The van der Waals surface area contributed by atoms with E-state index >= 15 is 0 Å². The Morgan fingerprint density at radius 1 is 1.03 bits per heavy atom. The second-order valence-electron chi connectivity index (χ2n) is 7.43. The van der Waals surface area contributed by atoms with Gasteiger partial charge in [0.15, 0.2) is 6.61 Å². The molecule has 2 N–H and O–H groups in total. The second-order valence-corrected chi connectivity index (χ2v) is 7.43. The third-order valence-corrected chi connectivity index (χ3v) is 5.21. The number of carbonyl (C=O) groups excluding carboxylic acids is 3. The van der Waals surface area contributed by atoms with E-state index in [9.17, 15) is 14.4 Å². The van der Waals surface area contributed by atoms with Crippen molar-refractivity contribution in [3.8, 4) is 5.75 Å². The van der Waals surface area contributed by atoms with Crippen molar-refractivity contribution in [2.75, 3.05) is 13.2 Å². The molecule has 1 atom stereocenters. The minimum atomic E-state index is -0.792. The van der Waals surface area contributed by atoms with Gasteiger partial charge in [-0.3, -0.25) is 25.2 Å². The van der Waals surface area contributed by atoms with Gasteiger partial charge in [-0.25, -0.2) is 0 Å². The lowest BCUT2D eigenvalue weighted by molar-refractivity contribution is -0.143. The van der Waals surface area contributed by atoms with E-state index in [2.05, 4.69) is 10.9 Å². The number of carbonyl (C=O) groups is 3. The number of rotatable bonds is 6. The number of nitrogens with zero attached hydrogens (tertiary/aromatic N) is 1. The van der Waals surface area contributed by atoms with E-state index in [1.807, 2.05) is 44.2 Å². The number of piperidine rings is 1. The van der Waals surface area contributed by atoms with Crippen LogP contribution in [0.1, 0.15) is 42.0 Å². The summed E-state index contributed by atoms with van der Waals surface area (Å²) in [5, 5.41) is 0. The summed E-state index contributed by atoms with van der Waals surface area (Å²) in [5.74, 6) is -0.426. The summed E-state index contributed by atoms with van der Waals surface area (Å²) in [7, 11) is 0. The van der Waals surface area contributed by atoms with Crippen molar-refractivity contribution in [2.45, 2.75) is 39.2 Å². The molecule has 1 aliphatic heterocycles. The molecule has 7 nitrogen and oxygen atoms in total. The Labute approximate surface area is 176 Å². The fourth-order valence-corrected chi connectivity index (χ4v) is 3.40. The molecule has 3 amide bonds. The highest BCUT2D eigenvalue weighted by Gasteiger charge is 2.32. The van der Waals surface area contributed by atoms with E-state index in [1.54, 1.807) is 23.1 Å². The Bertz CT molecular complexity index is 914. The predicted octanol–water partition coefficient (Wildman–Crippen LogP) is 2.58. The van der Waals surface area contributed by atoms with Crippen LogP contribution in [0.3, 0.4) is 0 Å². The summed E-state index contributed by atoms with van der Waals surface area (Å²) in [5.41, 5.74) is 7.73. The lowest BCUT2D eigenvalue weighted by Crippen LogP contribution is -2.51. The molecule has 0 aliphatic carbocycles. The molecule has 0 bridgehead atoms. The molecular weight excluding hydrogens is 382 g/mol. The summed E-state index contributed by atoms with van der Waals surface area (Å²) in [6, 6.07) is 13.9. The van der Waals surface area contributed by atoms with Crippen molar-refractivity contribution in [3.63, 3.8) is 0 Å². The Morgan fingerprint density at radius 3 is 2.50 bits per heavy atom. The van der Waals surface area contributed by atoms with Gasteiger partial charge in [0.2, 0.25) is 5.91 Å². The standard InChI is InChI=1S/C23H27N3O4/c1-16-11-12-19(14-17(16)2)30-15-20(27)24-25-23(29)22(18-8-4-3-5-9-18)26-13-7-6-10-21(26)28/h3-5,8-9,11-12,14,22H,6-7,10,13,15H2,1-2H3,(H,24,27)(H,25,29). The van der Waals surface area contributed by atoms with Gasteiger partial charge in [-0.2, -0.15) is 0 Å². The quantitative estimate of drug-likeness (QED) is 0.718. The Kier molecular flexibility index (Phi) is 7.06. The number of amides is 3. The van der Waals surface area contributed by atoms with Crippen molar-refractivity contribution in [2.24, 2.45) is 0 Å². The van der Waals surface area contributed by atoms with Gasteiger partial charge in [0.1, 0.15) is 11.8 Å². The zero-order valence-corrected chi connectivity index (χ0v) is 17.3. The van der Waals surface area contributed by atoms with Gasteiger partial charge in [0.25, 0.3) is 11.8 Å². The van der Waals surface area contributed by atoms with Crippen LogP contribution in [0.2, 0.25) is 0 Å². The molecular formula is C23H27N3O4. The van der Waals surface area contributed by atoms with E-state index in [4.69, 9.17) is 4.74 Å². The lowest BCUT2D eigenvalue weighted by Gasteiger charge is -2.34. The van der Waals surface area contributed by atoms with Crippen LogP contribution in [-0.2, 0) is 14.4 Å². The summed E-state index contributed by atoms with van der Waals surface area (Å²) in [6.45, 7) is 4.24. The highest BCUT2D eigenvalue weighted by molar-refractivity contribution is 5.90. The first-order chi connectivity index (χ1) is 14.5. The molecule has 1 heterocycles. The smallest absolute Gasteiger partial charge is 0.276 e. The Morgan fingerprint density at radius 2 is 1.80 bits per heavy atom. The molecule has 1 saturated heterocycles. The van der Waals surface area contributed by atoms with Gasteiger partial charge in [-0.15, -0.1) is 0 Å². The van der Waals surface area contributed by atoms with E-state index in [0.29, 0.717) is 24.3 Å². The SMILES string of the molecule is Cc1ccc(OCC(=O)NNC(=O)C(c2ccccc2)N2CCCCC2=O)cc1C. The molecule has 0 saturated carbocycles. The van der Waals surface area contributed by atoms with Crippen LogP contribution in [0, 0.1) is 13.8 Å². The van der Waals surface area contributed by atoms with Crippen molar-refractivity contribution in [1.82, 2.24) is 15.8 Å². The van der Waals surface area contributed by atoms with E-state index in [1.165, 1.54) is 0 Å². The zero-order valence-electron chi connectivity index (χ0n) is 17.3. The molecule has 3 rings (SSSR count). The predicted molar refractivity (Wildman–Crippen MR) is 112 cm³/mol. The van der Waals surface area contributed by atoms with Gasteiger partial charge < -0.3 is 9.64 Å². The average molecular weight is 409 g/mol. The van der Waals surface area contributed by atoms with Crippen molar-refractivity contribution in [1.29, 1.82) is 0 Å². The van der Waals surface area contributed by atoms with Crippen LogP contribution in [0.15, 0.2) is 48.5 Å². The number of hydrogen-bond donors (Lipinski definition) is 2. The number of likely N-dealkylation sites (tertiary alicyclic amines) is 1. The zero-order chi connectivity index (χ0) is 21.5. The summed E-state index contributed by atoms with van der Waals surface area (Å²) < 4.78 is 5.49. The second kappa shape index (κ2) is 9.91. The molecule has 1 fully saturated rings. The van der Waals surface area contributed by atoms with Crippen molar-refractivity contribution in [3.05, 3.63) is 65.2 Å². The molecule has 30 heavy (non-hydrogen) atoms. The molecule has 7 heteroatoms. The van der Waals surface area contributed by atoms with Crippen LogP contribution in [-0.4, -0.2) is 35.8 Å². The largest absolute Gasteiger partial charge is 0.484 e. The summed E-state index contributed by atoms with van der Waals surface area (Å²) in [6.07, 6.45) is 2.09. The maximum absolute atomic E-state index is 12.9. The normalized spacial score (nSPS) is 14.7. The van der Waals surface area contributed by atoms with Gasteiger partial charge >= 0.3 is 0 Å². The van der Waals surface area contributed by atoms with Crippen LogP contribution in [0.4, 0.5) is 0 Å². The van der Waals surface area contributed by atoms with E-state index < -0.39 is 17.9 Å². The number of benzene rings is 2. The van der Waals surface area contributed by atoms with E-state index in [-0.39, 0.29) is 12.5 Å². The molecule has 158 valence electrons. The highest BCUT2D eigenvalue weighted by Crippen LogP contribution is 2.25. The number of hydrogen-bond acceptors (Lipinski definition) is 4. The van der Waals surface area contributed by atoms with Gasteiger partial charge in [0, 0.05) is 13.0 Å². The van der Waals surface area contributed by atoms with Crippen LogP contribution in [0.5, 0.6) is 5.75 Å². The molecule has 1 aliphatic rings. The lowest BCUT2D eigenvalue weighted by atomic mass is 10.0.